The van der Waals surface area contributed by atoms with Gasteiger partial charge in [0.05, 0.1) is 27.0 Å². The highest BCUT2D eigenvalue weighted by atomic mass is 16.5. The molecule has 2 aromatic heterocycles. The number of amides is 1. The highest BCUT2D eigenvalue weighted by Gasteiger charge is 2.22. The summed E-state index contributed by atoms with van der Waals surface area (Å²) >= 11 is 0. The number of hydrogen-bond acceptors (Lipinski definition) is 6. The third kappa shape index (κ3) is 5.19. The van der Waals surface area contributed by atoms with Crippen molar-refractivity contribution in [3.05, 3.63) is 53.9 Å². The Kier molecular flexibility index (Phi) is 7.02. The number of pyridine rings is 1. The van der Waals surface area contributed by atoms with Crippen molar-refractivity contribution in [2.75, 3.05) is 26.6 Å². The van der Waals surface area contributed by atoms with Gasteiger partial charge in [-0.15, -0.1) is 0 Å². The molecule has 1 amide bonds. The van der Waals surface area contributed by atoms with Gasteiger partial charge in [-0.2, -0.15) is 9.78 Å². The van der Waals surface area contributed by atoms with Crippen LogP contribution in [0.25, 0.3) is 5.82 Å². The second kappa shape index (κ2) is 9.72. The maximum absolute atomic E-state index is 12.8. The van der Waals surface area contributed by atoms with Crippen molar-refractivity contribution in [3.63, 3.8) is 0 Å². The lowest BCUT2D eigenvalue weighted by molar-refractivity contribution is -0.116. The smallest absolute Gasteiger partial charge is 0.225 e. The van der Waals surface area contributed by atoms with E-state index in [9.17, 15) is 4.79 Å². The monoisotopic (exact) mass is 438 g/mol. The minimum atomic E-state index is -0.171. The number of methoxy groups -OCH3 is 3. The van der Waals surface area contributed by atoms with Crippen molar-refractivity contribution >= 4 is 11.7 Å². The summed E-state index contributed by atoms with van der Waals surface area (Å²) in [6, 6.07) is 11.2. The van der Waals surface area contributed by atoms with E-state index >= 15 is 0 Å². The van der Waals surface area contributed by atoms with Crippen LogP contribution in [0.1, 0.15) is 38.4 Å². The molecule has 3 rings (SSSR count). The zero-order chi connectivity index (χ0) is 23.3. The number of nitrogens with one attached hydrogen (secondary N) is 1. The van der Waals surface area contributed by atoms with E-state index in [0.29, 0.717) is 35.3 Å². The molecule has 3 aromatic rings. The summed E-state index contributed by atoms with van der Waals surface area (Å²) in [6.07, 6.45) is 2.48. The van der Waals surface area contributed by atoms with Gasteiger partial charge < -0.3 is 19.5 Å². The molecule has 0 spiro atoms. The van der Waals surface area contributed by atoms with Crippen LogP contribution >= 0.6 is 0 Å². The molecule has 0 saturated carbocycles. The molecule has 0 saturated heterocycles. The van der Waals surface area contributed by atoms with Crippen LogP contribution in [0.4, 0.5) is 5.82 Å². The lowest BCUT2D eigenvalue weighted by Crippen LogP contribution is -2.16. The largest absolute Gasteiger partial charge is 0.493 e. The molecule has 0 bridgehead atoms. The molecule has 0 radical (unpaired) electrons. The van der Waals surface area contributed by atoms with E-state index in [2.05, 4.69) is 36.2 Å². The number of rotatable bonds is 8. The molecule has 2 heterocycles. The van der Waals surface area contributed by atoms with Crippen LogP contribution in [0.3, 0.4) is 0 Å². The second-order valence-electron chi connectivity index (χ2n) is 8.35. The van der Waals surface area contributed by atoms with E-state index in [4.69, 9.17) is 14.2 Å². The molecule has 0 unspecified atom stereocenters. The number of nitrogens with zero attached hydrogens (tertiary/aromatic N) is 3. The Morgan fingerprint density at radius 1 is 1.03 bits per heavy atom. The van der Waals surface area contributed by atoms with Gasteiger partial charge >= 0.3 is 0 Å². The first-order valence-electron chi connectivity index (χ1n) is 10.4. The van der Waals surface area contributed by atoms with Crippen LogP contribution in [0.2, 0.25) is 0 Å². The van der Waals surface area contributed by atoms with Gasteiger partial charge in [-0.3, -0.25) is 4.79 Å². The van der Waals surface area contributed by atoms with Gasteiger partial charge in [-0.05, 0) is 36.2 Å². The number of carbonyl (C=O) groups is 1. The summed E-state index contributed by atoms with van der Waals surface area (Å²) in [5, 5.41) is 7.67. The summed E-state index contributed by atoms with van der Waals surface area (Å²) in [7, 11) is 4.70. The minimum absolute atomic E-state index is 0.128. The van der Waals surface area contributed by atoms with Crippen LogP contribution in [-0.4, -0.2) is 42.0 Å². The standard InChI is InChI=1S/C24H30N4O4/c1-24(2,3)19-15-21(28(27-19)20-9-7-8-12-25-20)26-22(29)11-10-16-13-17(30-4)23(32-6)18(14-16)31-5/h7-9,12-15H,10-11H2,1-6H3,(H,26,29). The Hall–Kier alpha value is -3.55. The lowest BCUT2D eigenvalue weighted by Gasteiger charge is -2.14. The van der Waals surface area contributed by atoms with Gasteiger partial charge in [0.25, 0.3) is 0 Å². The van der Waals surface area contributed by atoms with E-state index in [-0.39, 0.29) is 17.7 Å². The predicted molar refractivity (Wildman–Crippen MR) is 123 cm³/mol. The quantitative estimate of drug-likeness (QED) is 0.568. The third-order valence-electron chi connectivity index (χ3n) is 4.98. The van der Waals surface area contributed by atoms with Crippen LogP contribution in [0.15, 0.2) is 42.6 Å². The van der Waals surface area contributed by atoms with E-state index in [1.807, 2.05) is 36.4 Å². The van der Waals surface area contributed by atoms with Gasteiger partial charge in [-0.1, -0.05) is 26.8 Å². The fourth-order valence-corrected chi connectivity index (χ4v) is 3.23. The molecule has 0 aliphatic heterocycles. The Labute approximate surface area is 188 Å². The van der Waals surface area contributed by atoms with Crippen LogP contribution in [0, 0.1) is 0 Å². The summed E-state index contributed by atoms with van der Waals surface area (Å²) in [5.74, 6) is 2.75. The highest BCUT2D eigenvalue weighted by molar-refractivity contribution is 5.90. The molecule has 0 aliphatic carbocycles. The molecule has 1 aromatic carbocycles. The SMILES string of the molecule is COc1cc(CCC(=O)Nc2cc(C(C)(C)C)nn2-c2ccccn2)cc(OC)c1OC. The molecule has 170 valence electrons. The minimum Gasteiger partial charge on any atom is -0.493 e. The molecule has 0 aliphatic rings. The average molecular weight is 439 g/mol. The fraction of sp³-hybridized carbons (Fsp3) is 0.375. The van der Waals surface area contributed by atoms with Gasteiger partial charge in [0.1, 0.15) is 5.82 Å². The topological polar surface area (TPSA) is 87.5 Å². The third-order valence-corrected chi connectivity index (χ3v) is 4.98. The normalized spacial score (nSPS) is 11.2. The number of hydrogen-bond donors (Lipinski definition) is 1. The zero-order valence-corrected chi connectivity index (χ0v) is 19.4. The number of anilines is 1. The van der Waals surface area contributed by atoms with E-state index in [1.54, 1.807) is 32.2 Å². The maximum Gasteiger partial charge on any atom is 0.225 e. The van der Waals surface area contributed by atoms with Gasteiger partial charge in [0.15, 0.2) is 17.3 Å². The Morgan fingerprint density at radius 3 is 2.25 bits per heavy atom. The second-order valence-corrected chi connectivity index (χ2v) is 8.35. The molecular formula is C24H30N4O4. The Bertz CT molecular complexity index is 1050. The summed E-state index contributed by atoms with van der Waals surface area (Å²) in [6.45, 7) is 6.23. The predicted octanol–water partition coefficient (Wildman–Crippen LogP) is 4.16. The van der Waals surface area contributed by atoms with Crippen LogP contribution < -0.4 is 19.5 Å². The number of aryl methyl sites for hydroxylation is 1. The number of aromatic nitrogens is 3. The van der Waals surface area contributed by atoms with Crippen molar-refractivity contribution < 1.29 is 19.0 Å². The average Bonchev–Trinajstić information content (AvgIpc) is 3.21. The van der Waals surface area contributed by atoms with Gasteiger partial charge in [-0.25, -0.2) is 4.98 Å². The van der Waals surface area contributed by atoms with Crippen LogP contribution in [-0.2, 0) is 16.6 Å². The Balaban J connectivity index is 1.79. The molecule has 8 heteroatoms. The fourth-order valence-electron chi connectivity index (χ4n) is 3.23. The molecule has 0 fully saturated rings. The summed E-state index contributed by atoms with van der Waals surface area (Å²) in [4.78, 5) is 17.2. The maximum atomic E-state index is 12.8. The molecule has 32 heavy (non-hydrogen) atoms. The zero-order valence-electron chi connectivity index (χ0n) is 19.4. The van der Waals surface area contributed by atoms with Crippen molar-refractivity contribution in [2.24, 2.45) is 0 Å². The van der Waals surface area contributed by atoms with Crippen molar-refractivity contribution in [1.29, 1.82) is 0 Å². The molecular weight excluding hydrogens is 408 g/mol. The van der Waals surface area contributed by atoms with Crippen molar-refractivity contribution in [3.8, 4) is 23.1 Å². The lowest BCUT2D eigenvalue weighted by atomic mass is 9.92. The van der Waals surface area contributed by atoms with Crippen molar-refractivity contribution in [2.45, 2.75) is 39.0 Å². The molecule has 0 atom stereocenters. The first-order chi connectivity index (χ1) is 15.3. The number of ether oxygens (including phenoxy) is 3. The first kappa shape index (κ1) is 23.1. The van der Waals surface area contributed by atoms with E-state index in [1.165, 1.54) is 0 Å². The van der Waals surface area contributed by atoms with Crippen LogP contribution in [0.5, 0.6) is 17.2 Å². The van der Waals surface area contributed by atoms with E-state index < -0.39 is 0 Å². The first-order valence-corrected chi connectivity index (χ1v) is 10.4. The van der Waals surface area contributed by atoms with Gasteiger partial charge in [0, 0.05) is 24.1 Å². The molecule has 1 N–H and O–H groups in total. The summed E-state index contributed by atoms with van der Waals surface area (Å²) < 4.78 is 17.8. The number of carbonyl (C=O) groups excluding carboxylic acids is 1. The molecule has 8 nitrogen and oxygen atoms in total. The number of benzene rings is 1. The highest BCUT2D eigenvalue weighted by Crippen LogP contribution is 2.38. The van der Waals surface area contributed by atoms with Gasteiger partial charge in [0.2, 0.25) is 11.7 Å². The van der Waals surface area contributed by atoms with E-state index in [0.717, 1.165) is 11.3 Å². The Morgan fingerprint density at radius 2 is 1.72 bits per heavy atom. The van der Waals surface area contributed by atoms with Crippen molar-refractivity contribution in [1.82, 2.24) is 14.8 Å². The summed E-state index contributed by atoms with van der Waals surface area (Å²) in [5.41, 5.74) is 1.60.